The van der Waals surface area contributed by atoms with Crippen LogP contribution in [0.5, 0.6) is 0 Å². The summed E-state index contributed by atoms with van der Waals surface area (Å²) in [5, 5.41) is 0. The van der Waals surface area contributed by atoms with Gasteiger partial charge in [0.05, 0.1) is 0 Å². The van der Waals surface area contributed by atoms with Crippen LogP contribution in [0.1, 0.15) is 12.1 Å². The number of hydrogen-bond acceptors (Lipinski definition) is 0. The van der Waals surface area contributed by atoms with Gasteiger partial charge in [0.2, 0.25) is 0 Å². The van der Waals surface area contributed by atoms with Gasteiger partial charge in [0.25, 0.3) is 0 Å². The molecule has 0 aromatic carbocycles. The van der Waals surface area contributed by atoms with E-state index in [2.05, 4.69) is 12.2 Å². The molecule has 1 rings (SSSR count). The molecule has 0 aliphatic heterocycles. The monoisotopic (exact) mass is 171 g/mol. The van der Waals surface area contributed by atoms with E-state index in [-0.39, 0.29) is 25.2 Å². The summed E-state index contributed by atoms with van der Waals surface area (Å²) in [6.07, 6.45) is 10.0. The summed E-state index contributed by atoms with van der Waals surface area (Å²) < 4.78 is 0. The van der Waals surface area contributed by atoms with Crippen molar-refractivity contribution >= 4 is 0 Å². The van der Waals surface area contributed by atoms with Crippen LogP contribution in [0.4, 0.5) is 0 Å². The largest absolute Gasteiger partial charge is 1.00 e. The summed E-state index contributed by atoms with van der Waals surface area (Å²) in [7, 11) is 0. The van der Waals surface area contributed by atoms with Crippen molar-refractivity contribution in [1.29, 1.82) is 0 Å². The minimum Gasteiger partial charge on any atom is -1.00 e. The molecule has 0 amide bonds. The fourth-order valence-electron chi connectivity index (χ4n) is 0.340. The Balaban J connectivity index is -0.0000000167. The number of rotatable bonds is 0. The average molecular weight is 170 g/mol. The third-order valence-electron chi connectivity index (χ3n) is 0.586. The second kappa shape index (κ2) is 3.30. The second-order valence-corrected chi connectivity index (χ2v) is 1.00. The van der Waals surface area contributed by atoms with Crippen LogP contribution in [0, 0.1) is 6.08 Å². The van der Waals surface area contributed by atoms with Gasteiger partial charge in [0, 0.05) is 0 Å². The molecule has 1 aliphatic rings. The molecule has 0 spiro atoms. The topological polar surface area (TPSA) is 0 Å². The van der Waals surface area contributed by atoms with Gasteiger partial charge in [-0.25, -0.2) is 12.2 Å². The first-order valence-corrected chi connectivity index (χ1v) is 1.72. The van der Waals surface area contributed by atoms with Crippen LogP contribution in [0.25, 0.3) is 0 Å². The Morgan fingerprint density at radius 2 is 2.50 bits per heavy atom. The van der Waals surface area contributed by atoms with E-state index in [1.54, 1.807) is 0 Å². The molecule has 0 aromatic rings. The molecule has 0 heterocycles. The molecule has 41 valence electrons. The van der Waals surface area contributed by atoms with Gasteiger partial charge >= 0.3 is 19.5 Å². The molecule has 0 saturated heterocycles. The average Bonchev–Trinajstić information content (AvgIpc) is 1.76. The summed E-state index contributed by atoms with van der Waals surface area (Å²) in [5.74, 6) is 0. The molecule has 1 radical (unpaired) electrons. The van der Waals surface area contributed by atoms with Crippen LogP contribution >= 0.6 is 0 Å². The van der Waals surface area contributed by atoms with Gasteiger partial charge in [-0.15, -0.1) is 6.42 Å². The normalized spacial score (nSPS) is 14.7. The Kier molecular flexibility index (Phi) is 3.36. The zero-order valence-electron chi connectivity index (χ0n) is 7.29. The quantitative estimate of drug-likeness (QED) is 0.384. The summed E-state index contributed by atoms with van der Waals surface area (Å²) in [4.78, 5) is 0. The van der Waals surface area contributed by atoms with Crippen LogP contribution in [0.2, 0.25) is 0 Å². The summed E-state index contributed by atoms with van der Waals surface area (Å²) in [6.45, 7) is 0. The molecule has 1 heteroatoms. The second-order valence-electron chi connectivity index (χ2n) is 1.00. The van der Waals surface area contributed by atoms with Crippen molar-refractivity contribution in [1.82, 2.24) is 0 Å². The Labute approximate surface area is 56.6 Å². The van der Waals surface area contributed by atoms with Crippen LogP contribution in [-0.4, -0.2) is 0 Å². The Morgan fingerprint density at radius 1 is 1.67 bits per heavy atom. The first-order chi connectivity index (χ1) is 2.50. The Hall–Kier alpha value is 0.103. The van der Waals surface area contributed by atoms with E-state index in [4.69, 9.17) is 0 Å². The maximum atomic E-state index is 2.99. The van der Waals surface area contributed by atoms with Gasteiger partial charge in [-0.1, -0.05) is 0 Å². The number of hydrogen-bond donors (Lipinski definition) is 0. The molecule has 0 bridgehead atoms. The van der Waals surface area contributed by atoms with E-state index in [0.29, 0.717) is 0 Å². The molecule has 0 saturated carbocycles. The SMILES string of the molecule is [C-]1=CC=CC1.[H-].[H-].[H-].[H-].[Ru+]. The van der Waals surface area contributed by atoms with Crippen molar-refractivity contribution in [2.45, 2.75) is 6.42 Å². The molecule has 1 aliphatic carbocycles. The van der Waals surface area contributed by atoms with Gasteiger partial charge in [-0.05, 0) is 0 Å². The molecule has 0 aromatic heterocycles. The maximum absolute atomic E-state index is 2.99. The predicted molar refractivity (Wildman–Crippen MR) is 26.0 cm³/mol. The van der Waals surface area contributed by atoms with Gasteiger partial charge in [0.15, 0.2) is 0 Å². The van der Waals surface area contributed by atoms with E-state index >= 15 is 0 Å². The third-order valence-corrected chi connectivity index (χ3v) is 0.586. The standard InChI is InChI=1S/C5H5.Ru.4H/c1-2-4-5-3-1;;;;;/h1-3H,4H2;;;;;/q-1;+1;4*-1. The Bertz CT molecular complexity index is 71.7. The van der Waals surface area contributed by atoms with E-state index in [1.165, 1.54) is 0 Å². The van der Waals surface area contributed by atoms with Crippen LogP contribution in [0.3, 0.4) is 0 Å². The van der Waals surface area contributed by atoms with Gasteiger partial charge < -0.3 is 5.71 Å². The number of allylic oxidation sites excluding steroid dienone is 4. The minimum absolute atomic E-state index is 0. The van der Waals surface area contributed by atoms with Crippen LogP contribution in [0.15, 0.2) is 18.2 Å². The van der Waals surface area contributed by atoms with Crippen molar-refractivity contribution in [2.24, 2.45) is 0 Å². The minimum atomic E-state index is 0. The molecule has 0 nitrogen and oxygen atoms in total. The van der Waals surface area contributed by atoms with Crippen LogP contribution in [-0.2, 0) is 19.5 Å². The maximum Gasteiger partial charge on any atom is 1.00 e. The van der Waals surface area contributed by atoms with Crippen molar-refractivity contribution in [3.8, 4) is 0 Å². The summed E-state index contributed by atoms with van der Waals surface area (Å²) in [6, 6.07) is 0. The van der Waals surface area contributed by atoms with Gasteiger partial charge in [0.1, 0.15) is 0 Å². The van der Waals surface area contributed by atoms with E-state index < -0.39 is 0 Å². The molecule has 0 unspecified atom stereocenters. The fourth-order valence-corrected chi connectivity index (χ4v) is 0.340. The fraction of sp³-hybridized carbons (Fsp3) is 0.200. The van der Waals surface area contributed by atoms with Crippen LogP contribution < -0.4 is 0 Å². The summed E-state index contributed by atoms with van der Waals surface area (Å²) in [5.41, 5.74) is 0. The zero-order valence-corrected chi connectivity index (χ0v) is 5.03. The molecule has 0 fully saturated rings. The van der Waals surface area contributed by atoms with Crippen molar-refractivity contribution in [3.05, 3.63) is 24.3 Å². The van der Waals surface area contributed by atoms with Crippen molar-refractivity contribution < 1.29 is 25.2 Å². The summed E-state index contributed by atoms with van der Waals surface area (Å²) >= 11 is 0. The smallest absolute Gasteiger partial charge is 1.00 e. The zero-order chi connectivity index (χ0) is 3.54. The Morgan fingerprint density at radius 3 is 2.67 bits per heavy atom. The van der Waals surface area contributed by atoms with Gasteiger partial charge in [-0.3, -0.25) is 6.08 Å². The first kappa shape index (κ1) is 6.10. The van der Waals surface area contributed by atoms with E-state index in [0.717, 1.165) is 6.42 Å². The van der Waals surface area contributed by atoms with Gasteiger partial charge in [-0.2, -0.15) is 6.08 Å². The van der Waals surface area contributed by atoms with E-state index in [9.17, 15) is 0 Å². The first-order valence-electron chi connectivity index (χ1n) is 1.72. The molecular formula is C5H9Ru-4. The molecule has 0 N–H and O–H groups in total. The third kappa shape index (κ3) is 1.52. The molecular weight excluding hydrogens is 161 g/mol. The molecule has 0 atom stereocenters. The predicted octanol–water partition coefficient (Wildman–Crippen LogP) is 1.75. The van der Waals surface area contributed by atoms with E-state index in [1.807, 2.05) is 12.2 Å². The van der Waals surface area contributed by atoms with Crippen molar-refractivity contribution in [2.75, 3.05) is 0 Å². The van der Waals surface area contributed by atoms with Crippen molar-refractivity contribution in [3.63, 3.8) is 0 Å². The molecule has 6 heavy (non-hydrogen) atoms.